The van der Waals surface area contributed by atoms with Crippen LogP contribution in [0.2, 0.25) is 0 Å². The highest BCUT2D eigenvalue weighted by Gasteiger charge is 2.12. The number of benzene rings is 1. The second-order valence-electron chi connectivity index (χ2n) is 4.22. The van der Waals surface area contributed by atoms with Crippen molar-refractivity contribution in [3.05, 3.63) is 29.8 Å². The van der Waals surface area contributed by atoms with Gasteiger partial charge in [-0.05, 0) is 23.1 Å². The minimum absolute atomic E-state index is 0.106. The van der Waals surface area contributed by atoms with Gasteiger partial charge in [0.1, 0.15) is 11.8 Å². The first kappa shape index (κ1) is 14.5. The van der Waals surface area contributed by atoms with E-state index in [1.165, 1.54) is 5.56 Å². The summed E-state index contributed by atoms with van der Waals surface area (Å²) in [7, 11) is 0. The molecule has 0 atom stereocenters. The summed E-state index contributed by atoms with van der Waals surface area (Å²) in [5.41, 5.74) is 1.43. The van der Waals surface area contributed by atoms with Crippen LogP contribution in [0.4, 0.5) is 0 Å². The molecule has 1 rings (SSSR count). The molecule has 0 heterocycles. The van der Waals surface area contributed by atoms with Crippen LogP contribution in [-0.2, 0) is 5.41 Å². The van der Waals surface area contributed by atoms with E-state index >= 15 is 0 Å². The molecule has 2 nitrogen and oxygen atoms in total. The molecule has 0 spiro atoms. The van der Waals surface area contributed by atoms with Gasteiger partial charge in [0, 0.05) is 0 Å². The molecule has 0 aliphatic carbocycles. The van der Waals surface area contributed by atoms with Crippen LogP contribution in [0, 0.1) is 11.3 Å². The third-order valence-corrected chi connectivity index (χ3v) is 2.02. The predicted octanol–water partition coefficient (Wildman–Crippen LogP) is 3.91. The highest BCUT2D eigenvalue weighted by atomic mass is 16.5. The monoisotopic (exact) mass is 219 g/mol. The Morgan fingerprint density at radius 3 is 2.00 bits per heavy atom. The Balaban J connectivity index is 0.00000106. The summed E-state index contributed by atoms with van der Waals surface area (Å²) in [6, 6.07) is 9.81. The molecular weight excluding hydrogens is 198 g/mol. The lowest BCUT2D eigenvalue weighted by Gasteiger charge is -2.18. The van der Waals surface area contributed by atoms with E-state index in [1.807, 2.05) is 44.2 Å². The molecule has 0 aliphatic rings. The summed E-state index contributed by atoms with van der Waals surface area (Å²) >= 11 is 0. The molecule has 16 heavy (non-hydrogen) atoms. The smallest absolute Gasteiger partial charge is 0.174 e. The maximum atomic E-state index is 8.34. The van der Waals surface area contributed by atoms with Gasteiger partial charge in [-0.1, -0.05) is 46.8 Å². The van der Waals surface area contributed by atoms with Gasteiger partial charge < -0.3 is 4.74 Å². The summed E-state index contributed by atoms with van der Waals surface area (Å²) in [6.07, 6.45) is 0. The second kappa shape index (κ2) is 6.90. The highest BCUT2D eigenvalue weighted by molar-refractivity contribution is 5.31. The van der Waals surface area contributed by atoms with E-state index in [1.54, 1.807) is 0 Å². The summed E-state index contributed by atoms with van der Waals surface area (Å²) in [5.74, 6) is 0.750. The molecule has 0 fully saturated rings. The Labute approximate surface area is 98.9 Å². The number of rotatable bonds is 2. The average Bonchev–Trinajstić information content (AvgIpc) is 2.28. The normalized spacial score (nSPS) is 9.75. The summed E-state index contributed by atoms with van der Waals surface area (Å²) in [6.45, 7) is 10.6. The lowest BCUT2D eigenvalue weighted by atomic mass is 9.87. The molecule has 0 aromatic heterocycles. The van der Waals surface area contributed by atoms with Crippen LogP contribution < -0.4 is 4.74 Å². The molecule has 0 bridgehead atoms. The number of hydrogen-bond acceptors (Lipinski definition) is 2. The molecule has 0 unspecified atom stereocenters. The van der Waals surface area contributed by atoms with Crippen molar-refractivity contribution in [2.75, 3.05) is 6.61 Å². The van der Waals surface area contributed by atoms with Crippen molar-refractivity contribution in [3.8, 4) is 11.8 Å². The molecule has 1 aromatic carbocycles. The minimum atomic E-state index is 0.106. The van der Waals surface area contributed by atoms with E-state index in [0.29, 0.717) is 0 Å². The van der Waals surface area contributed by atoms with Crippen LogP contribution in [0.5, 0.6) is 5.75 Å². The summed E-state index contributed by atoms with van der Waals surface area (Å²) in [4.78, 5) is 0. The fourth-order valence-electron chi connectivity index (χ4n) is 1.17. The van der Waals surface area contributed by atoms with Crippen molar-refractivity contribution in [2.24, 2.45) is 0 Å². The minimum Gasteiger partial charge on any atom is -0.479 e. The van der Waals surface area contributed by atoms with Gasteiger partial charge in [-0.25, -0.2) is 0 Å². The van der Waals surface area contributed by atoms with E-state index in [0.717, 1.165) is 5.75 Å². The van der Waals surface area contributed by atoms with Gasteiger partial charge in [0.15, 0.2) is 6.61 Å². The average molecular weight is 219 g/mol. The first-order valence-corrected chi connectivity index (χ1v) is 5.64. The number of hydrogen-bond donors (Lipinski definition) is 0. The summed E-state index contributed by atoms with van der Waals surface area (Å²) in [5, 5.41) is 8.34. The van der Waals surface area contributed by atoms with E-state index in [4.69, 9.17) is 10.00 Å². The molecule has 88 valence electrons. The summed E-state index contributed by atoms with van der Waals surface area (Å²) < 4.78 is 5.16. The van der Waals surface area contributed by atoms with E-state index in [2.05, 4.69) is 20.8 Å². The molecule has 1 aromatic rings. The molecule has 0 aliphatic heterocycles. The Hall–Kier alpha value is -1.49. The zero-order chi connectivity index (χ0) is 12.6. The van der Waals surface area contributed by atoms with Gasteiger partial charge in [-0.15, -0.1) is 0 Å². The lowest BCUT2D eigenvalue weighted by molar-refractivity contribution is 0.368. The first-order valence-electron chi connectivity index (χ1n) is 5.64. The van der Waals surface area contributed by atoms with Crippen LogP contribution in [0.15, 0.2) is 24.3 Å². The number of ether oxygens (including phenoxy) is 1. The molecule has 0 N–H and O–H groups in total. The Morgan fingerprint density at radius 1 is 1.12 bits per heavy atom. The maximum Gasteiger partial charge on any atom is 0.174 e. The molecular formula is C14H21NO. The molecule has 0 saturated carbocycles. The van der Waals surface area contributed by atoms with Crippen molar-refractivity contribution in [1.29, 1.82) is 5.26 Å². The quantitative estimate of drug-likeness (QED) is 0.755. The van der Waals surface area contributed by atoms with Crippen molar-refractivity contribution in [3.63, 3.8) is 0 Å². The number of nitriles is 1. The maximum absolute atomic E-state index is 8.34. The molecule has 0 amide bonds. The van der Waals surface area contributed by atoms with Crippen molar-refractivity contribution >= 4 is 0 Å². The fourth-order valence-corrected chi connectivity index (χ4v) is 1.17. The van der Waals surface area contributed by atoms with E-state index < -0.39 is 0 Å². The second-order valence-corrected chi connectivity index (χ2v) is 4.22. The van der Waals surface area contributed by atoms with Crippen LogP contribution in [0.1, 0.15) is 40.2 Å². The Bertz CT molecular complexity index is 327. The van der Waals surface area contributed by atoms with E-state index in [9.17, 15) is 0 Å². The van der Waals surface area contributed by atoms with Gasteiger partial charge in [-0.3, -0.25) is 0 Å². The standard InChI is InChI=1S/C12H15NO.C2H6/c1-12(2,3)10-4-6-11(7-5-10)14-9-8-13;1-2/h4-7H,9H2,1-3H3;1-2H3. The van der Waals surface area contributed by atoms with Gasteiger partial charge in [0.25, 0.3) is 0 Å². The Kier molecular flexibility index (Phi) is 6.25. The van der Waals surface area contributed by atoms with Crippen molar-refractivity contribution in [1.82, 2.24) is 0 Å². The zero-order valence-electron chi connectivity index (χ0n) is 10.9. The van der Waals surface area contributed by atoms with Gasteiger partial charge >= 0.3 is 0 Å². The SMILES string of the molecule is CC.CC(C)(C)c1ccc(OCC#N)cc1. The zero-order valence-corrected chi connectivity index (χ0v) is 10.9. The molecule has 0 radical (unpaired) electrons. The molecule has 0 saturated heterocycles. The van der Waals surface area contributed by atoms with Gasteiger partial charge in [0.2, 0.25) is 0 Å². The third kappa shape index (κ3) is 4.84. The van der Waals surface area contributed by atoms with Gasteiger partial charge in [0.05, 0.1) is 0 Å². The predicted molar refractivity (Wildman–Crippen MR) is 67.6 cm³/mol. The fraction of sp³-hybridized carbons (Fsp3) is 0.500. The lowest BCUT2D eigenvalue weighted by Crippen LogP contribution is -2.10. The molecule has 2 heteroatoms. The van der Waals surface area contributed by atoms with Gasteiger partial charge in [-0.2, -0.15) is 5.26 Å². The highest BCUT2D eigenvalue weighted by Crippen LogP contribution is 2.24. The van der Waals surface area contributed by atoms with Crippen LogP contribution in [0.25, 0.3) is 0 Å². The number of nitrogens with zero attached hydrogens (tertiary/aromatic N) is 1. The van der Waals surface area contributed by atoms with E-state index in [-0.39, 0.29) is 12.0 Å². The van der Waals surface area contributed by atoms with Crippen LogP contribution in [0.3, 0.4) is 0 Å². The van der Waals surface area contributed by atoms with Crippen LogP contribution >= 0.6 is 0 Å². The van der Waals surface area contributed by atoms with Crippen molar-refractivity contribution < 1.29 is 4.74 Å². The Morgan fingerprint density at radius 2 is 1.62 bits per heavy atom. The van der Waals surface area contributed by atoms with Crippen molar-refractivity contribution in [2.45, 2.75) is 40.0 Å². The third-order valence-electron chi connectivity index (χ3n) is 2.02. The first-order chi connectivity index (χ1) is 7.54. The largest absolute Gasteiger partial charge is 0.479 e. The topological polar surface area (TPSA) is 33.0 Å². The van der Waals surface area contributed by atoms with Crippen LogP contribution in [-0.4, -0.2) is 6.61 Å².